The molecule has 48 heavy (non-hydrogen) atoms. The fourth-order valence-corrected chi connectivity index (χ4v) is 12.4. The zero-order valence-corrected chi connectivity index (χ0v) is 32.6. The van der Waals surface area contributed by atoms with Gasteiger partial charge in [0.1, 0.15) is 0 Å². The van der Waals surface area contributed by atoms with Crippen LogP contribution in [0.15, 0.2) is 56.3 Å². The van der Waals surface area contributed by atoms with Gasteiger partial charge in [-0.15, -0.1) is 6.58 Å². The Morgan fingerprint density at radius 2 is 1.52 bits per heavy atom. The molecule has 0 aliphatic heterocycles. The van der Waals surface area contributed by atoms with Crippen LogP contribution in [0, 0.1) is 58.2 Å². The van der Waals surface area contributed by atoms with Gasteiger partial charge in [-0.1, -0.05) is 105 Å². The lowest BCUT2D eigenvalue weighted by Crippen LogP contribution is -2.61. The Balaban J connectivity index is 0.000000817. The van der Waals surface area contributed by atoms with Crippen molar-refractivity contribution in [2.24, 2.45) is 57.0 Å². The smallest absolute Gasteiger partial charge is 0.00194 e. The zero-order chi connectivity index (χ0) is 35.2. The van der Waals surface area contributed by atoms with Crippen LogP contribution < -0.4 is 5.73 Å². The maximum Gasteiger partial charge on any atom is -0.00194 e. The first kappa shape index (κ1) is 42.1. The lowest BCUT2D eigenvalue weighted by molar-refractivity contribution is -0.178. The average Bonchev–Trinajstić information content (AvgIpc) is 3.46. The monoisotopic (exact) mass is 659 g/mol. The molecule has 0 amide bonds. The number of allylic oxidation sites excluding steroid dienone is 3. The van der Waals surface area contributed by atoms with E-state index in [1.54, 1.807) is 11.6 Å². The second-order valence-corrected chi connectivity index (χ2v) is 16.9. The van der Waals surface area contributed by atoms with Gasteiger partial charge in [-0.05, 0) is 178 Å². The third-order valence-corrected chi connectivity index (χ3v) is 14.1. The van der Waals surface area contributed by atoms with Gasteiger partial charge in [0.15, 0.2) is 0 Å². The van der Waals surface area contributed by atoms with E-state index < -0.39 is 0 Å². The van der Waals surface area contributed by atoms with Crippen molar-refractivity contribution >= 4 is 11.6 Å². The van der Waals surface area contributed by atoms with Crippen LogP contribution in [-0.4, -0.2) is 25.5 Å². The molecule has 0 bridgehead atoms. The van der Waals surface area contributed by atoms with Gasteiger partial charge in [0.05, 0.1) is 0 Å². The summed E-state index contributed by atoms with van der Waals surface area (Å²) in [5, 5.41) is 0. The van der Waals surface area contributed by atoms with Crippen molar-refractivity contribution < 1.29 is 0 Å². The number of hydrogen-bond acceptors (Lipinski definition) is 2. The number of aryl methyl sites for hydroxylation is 1. The highest BCUT2D eigenvalue weighted by molar-refractivity contribution is 5.73. The Morgan fingerprint density at radius 3 is 2.10 bits per heavy atom. The molecule has 1 aromatic carbocycles. The number of fused-ring (bicyclic) bond motifs is 7. The third-order valence-electron chi connectivity index (χ3n) is 14.1. The van der Waals surface area contributed by atoms with Crippen molar-refractivity contribution in [1.82, 2.24) is 4.90 Å². The molecule has 0 aromatic heterocycles. The van der Waals surface area contributed by atoms with E-state index in [4.69, 9.17) is 0 Å². The van der Waals surface area contributed by atoms with Crippen molar-refractivity contribution in [3.05, 3.63) is 73.0 Å². The molecule has 8 unspecified atom stereocenters. The van der Waals surface area contributed by atoms with Crippen LogP contribution in [0.3, 0.4) is 0 Å². The molecule has 4 saturated carbocycles. The Kier molecular flexibility index (Phi) is 15.1. The van der Waals surface area contributed by atoms with Gasteiger partial charge >= 0.3 is 0 Å². The van der Waals surface area contributed by atoms with Crippen LogP contribution in [-0.2, 0) is 0 Å². The first-order valence-corrected chi connectivity index (χ1v) is 19.3. The summed E-state index contributed by atoms with van der Waals surface area (Å²) in [5.41, 5.74) is 12.1. The van der Waals surface area contributed by atoms with Gasteiger partial charge in [0.2, 0.25) is 0 Å². The van der Waals surface area contributed by atoms with Gasteiger partial charge < -0.3 is 10.6 Å². The Labute approximate surface area is 299 Å². The molecule has 4 fully saturated rings. The molecule has 6 rings (SSSR count). The van der Waals surface area contributed by atoms with E-state index >= 15 is 0 Å². The number of benzene rings is 1. The normalized spacial score (nSPS) is 35.3. The van der Waals surface area contributed by atoms with Gasteiger partial charge in [0, 0.05) is 0 Å². The average molecular weight is 659 g/mol. The molecule has 1 aromatic rings. The van der Waals surface area contributed by atoms with E-state index in [2.05, 4.69) is 103 Å². The molecule has 0 spiro atoms. The second kappa shape index (κ2) is 17.2. The van der Waals surface area contributed by atoms with Crippen LogP contribution in [0.1, 0.15) is 143 Å². The fraction of sp³-hybridized carbons (Fsp3) is 0.696. The van der Waals surface area contributed by atoms with E-state index in [9.17, 15) is 0 Å². The van der Waals surface area contributed by atoms with E-state index in [1.165, 1.54) is 100 Å². The molecule has 0 heterocycles. The largest absolute Gasteiger partial charge is 0.405 e. The first-order chi connectivity index (χ1) is 22.3. The van der Waals surface area contributed by atoms with Gasteiger partial charge in [-0.25, -0.2) is 0 Å². The van der Waals surface area contributed by atoms with Crippen LogP contribution in [0.25, 0.3) is 11.6 Å². The topological polar surface area (TPSA) is 29.3 Å². The number of nitrogens with zero attached hydrogens (tertiary/aromatic N) is 1. The maximum atomic E-state index is 4.61. The summed E-state index contributed by atoms with van der Waals surface area (Å²) in [5.74, 6) is 4.62. The quantitative estimate of drug-likeness (QED) is 0.319. The Hall–Kier alpha value is -2.06. The predicted molar refractivity (Wildman–Crippen MR) is 217 cm³/mol. The molecule has 5 aliphatic carbocycles. The molecule has 0 radical (unpaired) electrons. The SMILES string of the molecule is C.C=CC.C=CN.C=Cc1ccc(C2=CCC3(C)C(CCC4(C)C5CCC6(CCN(C)C)CCCC6C5CCC43)C2(C)C)cc1C.CC. The minimum atomic E-state index is 0. The summed E-state index contributed by atoms with van der Waals surface area (Å²) in [7, 11) is 4.56. The lowest BCUT2D eigenvalue weighted by atomic mass is 9.36. The van der Waals surface area contributed by atoms with Gasteiger partial charge in [-0.2, -0.15) is 0 Å². The number of hydrogen-bond donors (Lipinski definition) is 1. The van der Waals surface area contributed by atoms with E-state index in [0.29, 0.717) is 16.2 Å². The van der Waals surface area contributed by atoms with Gasteiger partial charge in [-0.3, -0.25) is 0 Å². The summed E-state index contributed by atoms with van der Waals surface area (Å²) in [6.07, 6.45) is 23.9. The fourth-order valence-electron chi connectivity index (χ4n) is 12.4. The minimum Gasteiger partial charge on any atom is -0.405 e. The molecular weight excluding hydrogens is 581 g/mol. The van der Waals surface area contributed by atoms with Crippen LogP contribution in [0.4, 0.5) is 0 Å². The molecule has 5 aliphatic rings. The summed E-state index contributed by atoms with van der Waals surface area (Å²) in [4.78, 5) is 2.44. The van der Waals surface area contributed by atoms with E-state index in [0.717, 1.165) is 29.6 Å². The van der Waals surface area contributed by atoms with Crippen LogP contribution in [0.5, 0.6) is 0 Å². The molecule has 2 N–H and O–H groups in total. The Bertz CT molecular complexity index is 1230. The van der Waals surface area contributed by atoms with Crippen molar-refractivity contribution in [3.63, 3.8) is 0 Å². The summed E-state index contributed by atoms with van der Waals surface area (Å²) < 4.78 is 0. The molecule has 2 nitrogen and oxygen atoms in total. The Morgan fingerprint density at radius 1 is 0.875 bits per heavy atom. The van der Waals surface area contributed by atoms with Crippen molar-refractivity contribution in [1.29, 1.82) is 0 Å². The lowest BCUT2D eigenvalue weighted by Gasteiger charge is -2.68. The van der Waals surface area contributed by atoms with Crippen LogP contribution >= 0.6 is 0 Å². The first-order valence-electron chi connectivity index (χ1n) is 19.3. The van der Waals surface area contributed by atoms with E-state index in [1.807, 2.05) is 26.8 Å². The summed E-state index contributed by atoms with van der Waals surface area (Å²) in [6, 6.07) is 7.08. The molecule has 272 valence electrons. The number of nitrogens with two attached hydrogens (primary N) is 1. The summed E-state index contributed by atoms with van der Waals surface area (Å²) >= 11 is 0. The highest BCUT2D eigenvalue weighted by Gasteiger charge is 2.65. The molecule has 0 saturated heterocycles. The molecule has 8 atom stereocenters. The van der Waals surface area contributed by atoms with Crippen molar-refractivity contribution in [2.75, 3.05) is 20.6 Å². The second-order valence-electron chi connectivity index (χ2n) is 16.9. The summed E-state index contributed by atoms with van der Waals surface area (Å²) in [6.45, 7) is 30.6. The van der Waals surface area contributed by atoms with Crippen molar-refractivity contribution in [3.8, 4) is 0 Å². The zero-order valence-electron chi connectivity index (χ0n) is 32.6. The predicted octanol–water partition coefficient (Wildman–Crippen LogP) is 13.0. The number of rotatable bonds is 5. The maximum absolute atomic E-state index is 4.61. The van der Waals surface area contributed by atoms with Crippen LogP contribution in [0.2, 0.25) is 0 Å². The van der Waals surface area contributed by atoms with Gasteiger partial charge in [0.25, 0.3) is 0 Å². The standard InChI is InChI=1S/C38H57N.C3H6.C2H5N.C2H6.CH4/c1-9-27-12-13-28(25-26(27)2)30-16-20-37(6)33(35(30,3)4)18-21-36(5)31-17-22-38(23-24-39(7)8)19-10-11-32(38)29(31)14-15-34(36)37;1-3-2;1-2-3;1-2;/h9,12-13,16,25,29,31-34H,1,10-11,14-15,17-24H2,2-8H3;3H,1H2,2H3;2H,1,3H2;1-2H3;1H4. The minimum absolute atomic E-state index is 0. The third kappa shape index (κ3) is 7.65. The highest BCUT2D eigenvalue weighted by Crippen LogP contribution is 2.73. The van der Waals surface area contributed by atoms with E-state index in [-0.39, 0.29) is 12.8 Å². The highest BCUT2D eigenvalue weighted by atomic mass is 15.0. The molecular formula is C46H78N2. The van der Waals surface area contributed by atoms with Crippen molar-refractivity contribution in [2.45, 2.75) is 133 Å². The molecule has 2 heteroatoms.